The summed E-state index contributed by atoms with van der Waals surface area (Å²) in [5, 5.41) is 42.4. The Hall–Kier alpha value is -3.22. The molecule has 2 aromatic rings. The zero-order valence-electron chi connectivity index (χ0n) is 16.9. The van der Waals surface area contributed by atoms with Crippen molar-refractivity contribution < 1.29 is 9.67 Å². The predicted molar refractivity (Wildman–Crippen MR) is 118 cm³/mol. The van der Waals surface area contributed by atoms with Crippen molar-refractivity contribution in [1.29, 1.82) is 15.9 Å². The molecule has 1 aliphatic carbocycles. The molecule has 1 aliphatic heterocycles. The highest BCUT2D eigenvalue weighted by atomic mass is 79.9. The van der Waals surface area contributed by atoms with Gasteiger partial charge in [0.2, 0.25) is 11.8 Å². The number of nitrogens with zero attached hydrogens (tertiary/aromatic N) is 3. The molecule has 7 heteroatoms. The standard InChI is InChI=1S/C24H21BrN5O/c1-15-8-10-30(11-9-15)23-21(16-2-6-19(25)7-3-16)20(14-28)22(17(12-26)13-27)29-24(23,31)18-4-5-18/h2-3,6-11,18,21,23,26,29,31H,4-5H2,1H3/q+1/t21-,23-,24+/m1/s1. The first-order valence-electron chi connectivity index (χ1n) is 10.0. The number of nitrogens with one attached hydrogen (secondary N) is 2. The molecule has 1 fully saturated rings. The van der Waals surface area contributed by atoms with Crippen molar-refractivity contribution in [1.82, 2.24) is 5.32 Å². The molecule has 4 rings (SSSR count). The lowest BCUT2D eigenvalue weighted by molar-refractivity contribution is -0.742. The van der Waals surface area contributed by atoms with Crippen molar-refractivity contribution in [3.63, 3.8) is 0 Å². The first-order chi connectivity index (χ1) is 14.9. The van der Waals surface area contributed by atoms with Crippen LogP contribution in [0.5, 0.6) is 0 Å². The highest BCUT2D eigenvalue weighted by molar-refractivity contribution is 9.10. The number of rotatable bonds is 4. The minimum absolute atomic E-state index is 0.0369. The third kappa shape index (κ3) is 3.69. The number of aryl methyl sites for hydroxylation is 1. The van der Waals surface area contributed by atoms with Gasteiger partial charge in [0.15, 0.2) is 12.4 Å². The van der Waals surface area contributed by atoms with Gasteiger partial charge >= 0.3 is 0 Å². The van der Waals surface area contributed by atoms with Gasteiger partial charge in [0, 0.05) is 22.5 Å². The Morgan fingerprint density at radius 3 is 2.35 bits per heavy atom. The summed E-state index contributed by atoms with van der Waals surface area (Å²) in [7, 11) is 0. The van der Waals surface area contributed by atoms with Crippen molar-refractivity contribution in [2.45, 2.75) is 37.5 Å². The normalized spacial score (nSPS) is 25.1. The molecule has 6 nitrogen and oxygen atoms in total. The van der Waals surface area contributed by atoms with Gasteiger partial charge in [0.25, 0.3) is 0 Å². The van der Waals surface area contributed by atoms with E-state index in [0.717, 1.165) is 28.4 Å². The number of hydrogen-bond donors (Lipinski definition) is 3. The number of nitriles is 2. The van der Waals surface area contributed by atoms with Crippen LogP contribution in [0.2, 0.25) is 0 Å². The minimum Gasteiger partial charge on any atom is -0.365 e. The minimum atomic E-state index is -1.40. The Balaban J connectivity index is 2.03. The van der Waals surface area contributed by atoms with Crippen molar-refractivity contribution in [2.75, 3.05) is 0 Å². The SMILES string of the molecule is Cc1cc[n+]([C@@H]2[C@H](c3ccc(Br)cc3)C(C#N)=C(C(=C=N)C#N)N[C@]2(O)C2CC2)cc1. The van der Waals surface area contributed by atoms with Crippen LogP contribution in [0.4, 0.5) is 0 Å². The number of benzene rings is 1. The smallest absolute Gasteiger partial charge is 0.216 e. The van der Waals surface area contributed by atoms with Crippen LogP contribution in [-0.4, -0.2) is 16.7 Å². The first kappa shape index (κ1) is 21.0. The maximum Gasteiger partial charge on any atom is 0.216 e. The number of aliphatic hydroxyl groups is 1. The van der Waals surface area contributed by atoms with Crippen molar-refractivity contribution in [3.8, 4) is 12.1 Å². The van der Waals surface area contributed by atoms with Crippen LogP contribution in [0.3, 0.4) is 0 Å². The molecule has 1 aromatic heterocycles. The molecule has 3 atom stereocenters. The maximum absolute atomic E-state index is 12.0. The van der Waals surface area contributed by atoms with E-state index in [-0.39, 0.29) is 17.2 Å². The third-order valence-corrected chi connectivity index (χ3v) is 6.58. The Morgan fingerprint density at radius 2 is 1.84 bits per heavy atom. The van der Waals surface area contributed by atoms with E-state index in [4.69, 9.17) is 5.41 Å². The lowest BCUT2D eigenvalue weighted by Gasteiger charge is -2.43. The van der Waals surface area contributed by atoms with Gasteiger partial charge in [-0.15, -0.1) is 0 Å². The van der Waals surface area contributed by atoms with Crippen LogP contribution >= 0.6 is 15.9 Å². The summed E-state index contributed by atoms with van der Waals surface area (Å²) in [4.78, 5) is 0. The maximum atomic E-state index is 12.0. The molecule has 3 N–H and O–H groups in total. The monoisotopic (exact) mass is 474 g/mol. The quantitative estimate of drug-likeness (QED) is 0.357. The molecule has 154 valence electrons. The number of hydrogen-bond acceptors (Lipinski definition) is 5. The zero-order chi connectivity index (χ0) is 22.2. The predicted octanol–water partition coefficient (Wildman–Crippen LogP) is 3.55. The van der Waals surface area contributed by atoms with E-state index in [1.807, 2.05) is 66.4 Å². The first-order valence-corrected chi connectivity index (χ1v) is 10.8. The highest BCUT2D eigenvalue weighted by Gasteiger charge is 2.61. The number of pyridine rings is 1. The molecule has 0 unspecified atom stereocenters. The lowest BCUT2D eigenvalue weighted by Crippen LogP contribution is -2.66. The molecule has 0 spiro atoms. The molecule has 1 saturated carbocycles. The Bertz CT molecular complexity index is 1180. The summed E-state index contributed by atoms with van der Waals surface area (Å²) < 4.78 is 2.85. The topological polar surface area (TPSA) is 108 Å². The summed E-state index contributed by atoms with van der Waals surface area (Å²) in [6.07, 6.45) is 5.51. The summed E-state index contributed by atoms with van der Waals surface area (Å²) in [5.74, 6) is 1.57. The molecular weight excluding hydrogens is 454 g/mol. The Morgan fingerprint density at radius 1 is 1.19 bits per heavy atom. The van der Waals surface area contributed by atoms with Crippen LogP contribution in [0.25, 0.3) is 0 Å². The Kier molecular flexibility index (Phi) is 5.52. The van der Waals surface area contributed by atoms with E-state index in [9.17, 15) is 15.6 Å². The molecule has 0 saturated heterocycles. The largest absolute Gasteiger partial charge is 0.365 e. The summed E-state index contributed by atoms with van der Waals surface area (Å²) in [5.41, 5.74) is 0.939. The van der Waals surface area contributed by atoms with Gasteiger partial charge in [0.1, 0.15) is 11.6 Å². The van der Waals surface area contributed by atoms with E-state index in [2.05, 4.69) is 33.2 Å². The molecule has 31 heavy (non-hydrogen) atoms. The molecule has 2 aliphatic rings. The van der Waals surface area contributed by atoms with E-state index in [0.29, 0.717) is 5.57 Å². The summed E-state index contributed by atoms with van der Waals surface area (Å²) >= 11 is 3.46. The molecule has 0 radical (unpaired) electrons. The second-order valence-corrected chi connectivity index (χ2v) is 8.95. The van der Waals surface area contributed by atoms with E-state index >= 15 is 0 Å². The van der Waals surface area contributed by atoms with E-state index in [1.165, 1.54) is 0 Å². The summed E-state index contributed by atoms with van der Waals surface area (Å²) in [6, 6.07) is 15.3. The van der Waals surface area contributed by atoms with E-state index < -0.39 is 17.7 Å². The van der Waals surface area contributed by atoms with Gasteiger partial charge < -0.3 is 10.4 Å². The molecule has 0 amide bonds. The van der Waals surface area contributed by atoms with Gasteiger partial charge in [-0.1, -0.05) is 28.1 Å². The second kappa shape index (κ2) is 8.13. The van der Waals surface area contributed by atoms with Crippen molar-refractivity contribution >= 4 is 21.8 Å². The second-order valence-electron chi connectivity index (χ2n) is 8.03. The van der Waals surface area contributed by atoms with Crippen LogP contribution in [0.15, 0.2) is 70.1 Å². The fraction of sp³-hybridized carbons (Fsp3) is 0.292. The van der Waals surface area contributed by atoms with Crippen LogP contribution < -0.4 is 9.88 Å². The molecule has 0 bridgehead atoms. The van der Waals surface area contributed by atoms with E-state index in [1.54, 1.807) is 0 Å². The zero-order valence-corrected chi connectivity index (χ0v) is 18.5. The van der Waals surface area contributed by atoms with Crippen LogP contribution in [0, 0.1) is 40.9 Å². The van der Waals surface area contributed by atoms with Gasteiger partial charge in [-0.3, -0.25) is 5.41 Å². The number of allylic oxidation sites excluding steroid dienone is 2. The lowest BCUT2D eigenvalue weighted by atomic mass is 9.74. The Labute approximate surface area is 189 Å². The van der Waals surface area contributed by atoms with Gasteiger partial charge in [0.05, 0.1) is 23.3 Å². The van der Waals surface area contributed by atoms with Gasteiger partial charge in [-0.2, -0.15) is 15.1 Å². The fourth-order valence-corrected chi connectivity index (χ4v) is 4.63. The van der Waals surface area contributed by atoms with Crippen LogP contribution in [-0.2, 0) is 0 Å². The molecule has 2 heterocycles. The fourth-order valence-electron chi connectivity index (χ4n) is 4.36. The van der Waals surface area contributed by atoms with Crippen molar-refractivity contribution in [2.24, 2.45) is 5.92 Å². The van der Waals surface area contributed by atoms with Gasteiger partial charge in [-0.25, -0.2) is 0 Å². The molecular formula is C24H21BrN5O+. The highest BCUT2D eigenvalue weighted by Crippen LogP contribution is 2.52. The number of halogens is 1. The average molecular weight is 475 g/mol. The average Bonchev–Trinajstić information content (AvgIpc) is 3.62. The third-order valence-electron chi connectivity index (χ3n) is 6.05. The number of aromatic nitrogens is 1. The van der Waals surface area contributed by atoms with Crippen LogP contribution in [0.1, 0.15) is 35.9 Å². The molecule has 1 aromatic carbocycles. The van der Waals surface area contributed by atoms with Crippen molar-refractivity contribution in [3.05, 3.63) is 81.2 Å². The van der Waals surface area contributed by atoms with Gasteiger partial charge in [-0.05, 0) is 48.9 Å². The summed E-state index contributed by atoms with van der Waals surface area (Å²) in [6.45, 7) is 2.00.